The van der Waals surface area contributed by atoms with E-state index in [0.717, 1.165) is 24.2 Å². The average molecular weight is 422 g/mol. The number of hydrogen-bond donors (Lipinski definition) is 0. The van der Waals surface area contributed by atoms with Crippen molar-refractivity contribution in [1.82, 2.24) is 0 Å². The van der Waals surface area contributed by atoms with Gasteiger partial charge in [-0.05, 0) is 61.2 Å². The maximum absolute atomic E-state index is 13.4. The number of para-hydroxylation sites is 1. The molecule has 0 bridgehead atoms. The van der Waals surface area contributed by atoms with E-state index in [1.165, 1.54) is 18.2 Å². The van der Waals surface area contributed by atoms with Crippen molar-refractivity contribution >= 4 is 14.0 Å². The summed E-state index contributed by atoms with van der Waals surface area (Å²) in [6, 6.07) is 13.0. The third kappa shape index (κ3) is 6.18. The first-order valence-electron chi connectivity index (χ1n) is 10.2. The fourth-order valence-corrected chi connectivity index (χ4v) is 6.60. The van der Waals surface area contributed by atoms with E-state index >= 15 is 0 Å². The van der Waals surface area contributed by atoms with Gasteiger partial charge >= 0.3 is 0 Å². The van der Waals surface area contributed by atoms with E-state index in [1.807, 2.05) is 0 Å². The molecule has 158 valence electrons. The summed E-state index contributed by atoms with van der Waals surface area (Å²) in [6.07, 6.45) is 1.24. The molecule has 0 N–H and O–H groups in total. The van der Waals surface area contributed by atoms with Crippen molar-refractivity contribution < 1.29 is 18.1 Å². The molecule has 0 fully saturated rings. The standard InChI is InChI=1S/C22H29F2NO3Si/c1-4-29(5-2,6-3)28-22(20-11-7-8-12-21(20)25(26)27)13-9-10-17-14-18(23)16-19(24)15-17/h7-8,11-12,14-16,22H,4-6,9-10,13H2,1-3H3. The molecule has 2 aromatic carbocycles. The minimum atomic E-state index is -2.01. The molecule has 0 aliphatic carbocycles. The molecule has 4 nitrogen and oxygen atoms in total. The van der Waals surface area contributed by atoms with E-state index in [2.05, 4.69) is 20.8 Å². The number of aryl methyl sites for hydroxylation is 1. The van der Waals surface area contributed by atoms with E-state index in [-0.39, 0.29) is 10.6 Å². The van der Waals surface area contributed by atoms with Crippen LogP contribution in [0.1, 0.15) is 50.8 Å². The van der Waals surface area contributed by atoms with Crippen molar-refractivity contribution in [1.29, 1.82) is 0 Å². The number of nitro benzene ring substituents is 1. The first-order valence-corrected chi connectivity index (χ1v) is 12.7. The Bertz CT molecular complexity index is 799. The summed E-state index contributed by atoms with van der Waals surface area (Å²) < 4.78 is 33.5. The Morgan fingerprint density at radius 2 is 1.62 bits per heavy atom. The Morgan fingerprint density at radius 1 is 1.03 bits per heavy atom. The van der Waals surface area contributed by atoms with Gasteiger partial charge in [0.15, 0.2) is 8.32 Å². The normalized spacial score (nSPS) is 12.7. The van der Waals surface area contributed by atoms with Crippen LogP contribution in [-0.4, -0.2) is 13.2 Å². The van der Waals surface area contributed by atoms with Gasteiger partial charge in [0.05, 0.1) is 16.6 Å². The summed E-state index contributed by atoms with van der Waals surface area (Å²) in [5.41, 5.74) is 1.21. The molecule has 0 aliphatic rings. The SMILES string of the molecule is CC[Si](CC)(CC)OC(CCCc1cc(F)cc(F)c1)c1ccccc1[N+](=O)[O-]. The van der Waals surface area contributed by atoms with Gasteiger partial charge in [-0.25, -0.2) is 8.78 Å². The predicted octanol–water partition coefficient (Wildman–Crippen LogP) is 6.96. The van der Waals surface area contributed by atoms with Crippen molar-refractivity contribution in [3.8, 4) is 0 Å². The first-order chi connectivity index (χ1) is 13.8. The molecule has 29 heavy (non-hydrogen) atoms. The zero-order valence-corrected chi connectivity index (χ0v) is 18.3. The third-order valence-electron chi connectivity index (χ3n) is 5.66. The Morgan fingerprint density at radius 3 is 2.17 bits per heavy atom. The molecule has 2 rings (SSSR count). The van der Waals surface area contributed by atoms with Crippen molar-refractivity contribution in [3.63, 3.8) is 0 Å². The van der Waals surface area contributed by atoms with E-state index in [4.69, 9.17) is 4.43 Å². The Balaban J connectivity index is 2.26. The highest BCUT2D eigenvalue weighted by atomic mass is 28.4. The van der Waals surface area contributed by atoms with Gasteiger partial charge in [-0.1, -0.05) is 32.9 Å². The molecule has 0 aromatic heterocycles. The van der Waals surface area contributed by atoms with Crippen molar-refractivity contribution in [3.05, 3.63) is 75.3 Å². The zero-order chi connectivity index (χ0) is 21.4. The second-order valence-electron chi connectivity index (χ2n) is 7.34. The molecule has 7 heteroatoms. The minimum Gasteiger partial charge on any atom is -0.410 e. The largest absolute Gasteiger partial charge is 0.410 e. The number of halogens is 2. The second-order valence-corrected chi connectivity index (χ2v) is 12.1. The molecule has 2 aromatic rings. The minimum absolute atomic E-state index is 0.0560. The number of benzene rings is 2. The molecule has 0 aliphatic heterocycles. The van der Waals surface area contributed by atoms with Crippen LogP contribution in [0.15, 0.2) is 42.5 Å². The van der Waals surface area contributed by atoms with Gasteiger partial charge in [-0.15, -0.1) is 0 Å². The summed E-state index contributed by atoms with van der Waals surface area (Å²) in [5.74, 6) is -1.19. The van der Waals surface area contributed by atoms with E-state index in [9.17, 15) is 18.9 Å². The van der Waals surface area contributed by atoms with Crippen molar-refractivity contribution in [2.45, 2.75) is 64.3 Å². The Kier molecular flexibility index (Phi) is 8.46. The van der Waals surface area contributed by atoms with Gasteiger partial charge in [0, 0.05) is 12.1 Å². The molecule has 0 amide bonds. The van der Waals surface area contributed by atoms with Gasteiger partial charge < -0.3 is 4.43 Å². The average Bonchev–Trinajstić information content (AvgIpc) is 2.70. The van der Waals surface area contributed by atoms with Gasteiger partial charge in [0.1, 0.15) is 11.6 Å². The van der Waals surface area contributed by atoms with Gasteiger partial charge in [0.2, 0.25) is 0 Å². The summed E-state index contributed by atoms with van der Waals surface area (Å²) in [6.45, 7) is 6.35. The van der Waals surface area contributed by atoms with Crippen LogP contribution in [0.5, 0.6) is 0 Å². The van der Waals surface area contributed by atoms with Crippen LogP contribution in [-0.2, 0) is 10.8 Å². The van der Waals surface area contributed by atoms with Crippen molar-refractivity contribution in [2.24, 2.45) is 0 Å². The molecular weight excluding hydrogens is 392 g/mol. The fourth-order valence-electron chi connectivity index (χ4n) is 3.75. The maximum Gasteiger partial charge on any atom is 0.275 e. The van der Waals surface area contributed by atoms with Crippen molar-refractivity contribution in [2.75, 3.05) is 0 Å². The van der Waals surface area contributed by atoms with Gasteiger partial charge in [0.25, 0.3) is 5.69 Å². The van der Waals surface area contributed by atoms with E-state index < -0.39 is 26.1 Å². The van der Waals surface area contributed by atoms with Gasteiger partial charge in [-0.3, -0.25) is 10.1 Å². The zero-order valence-electron chi connectivity index (χ0n) is 17.3. The Hall–Kier alpha value is -2.12. The second kappa shape index (κ2) is 10.6. The number of nitro groups is 1. The number of nitrogens with zero attached hydrogens (tertiary/aromatic N) is 1. The highest BCUT2D eigenvalue weighted by molar-refractivity contribution is 6.73. The van der Waals surface area contributed by atoms with E-state index in [0.29, 0.717) is 30.4 Å². The molecule has 0 saturated heterocycles. The molecule has 0 heterocycles. The summed E-state index contributed by atoms with van der Waals surface area (Å²) in [5, 5.41) is 11.5. The first kappa shape index (κ1) is 23.2. The lowest BCUT2D eigenvalue weighted by Gasteiger charge is -2.33. The lowest BCUT2D eigenvalue weighted by molar-refractivity contribution is -0.386. The highest BCUT2D eigenvalue weighted by Crippen LogP contribution is 2.36. The number of rotatable bonds is 11. The smallest absolute Gasteiger partial charge is 0.275 e. The van der Waals surface area contributed by atoms with Gasteiger partial charge in [-0.2, -0.15) is 0 Å². The van der Waals surface area contributed by atoms with Crippen LogP contribution < -0.4 is 0 Å². The Labute approximate surface area is 172 Å². The molecule has 0 saturated carbocycles. The summed E-state index contributed by atoms with van der Waals surface area (Å²) in [7, 11) is -2.01. The van der Waals surface area contributed by atoms with Crippen LogP contribution in [0.4, 0.5) is 14.5 Å². The molecule has 0 spiro atoms. The van der Waals surface area contributed by atoms with Crippen LogP contribution in [0.3, 0.4) is 0 Å². The van der Waals surface area contributed by atoms with E-state index in [1.54, 1.807) is 18.2 Å². The highest BCUT2D eigenvalue weighted by Gasteiger charge is 2.34. The maximum atomic E-state index is 13.4. The topological polar surface area (TPSA) is 52.4 Å². The monoisotopic (exact) mass is 421 g/mol. The van der Waals surface area contributed by atoms with Crippen LogP contribution in [0.2, 0.25) is 18.1 Å². The quantitative estimate of drug-likeness (QED) is 0.224. The molecular formula is C22H29F2NO3Si. The van der Waals surface area contributed by atoms with Crippen LogP contribution in [0.25, 0.3) is 0 Å². The lowest BCUT2D eigenvalue weighted by Crippen LogP contribution is -2.37. The lowest BCUT2D eigenvalue weighted by atomic mass is 10.00. The van der Waals surface area contributed by atoms with Crippen LogP contribution in [0, 0.1) is 21.7 Å². The molecule has 0 radical (unpaired) electrons. The fraction of sp³-hybridized carbons (Fsp3) is 0.455. The van der Waals surface area contributed by atoms with Crippen LogP contribution >= 0.6 is 0 Å². The predicted molar refractivity (Wildman–Crippen MR) is 113 cm³/mol. The summed E-state index contributed by atoms with van der Waals surface area (Å²) >= 11 is 0. The summed E-state index contributed by atoms with van der Waals surface area (Å²) in [4.78, 5) is 11.2. The number of hydrogen-bond acceptors (Lipinski definition) is 3. The molecule has 1 atom stereocenters. The third-order valence-corrected chi connectivity index (χ3v) is 10.3. The molecule has 1 unspecified atom stereocenters.